The molecule has 2 aromatic rings. The highest BCUT2D eigenvalue weighted by atomic mass is 35.5. The van der Waals surface area contributed by atoms with Gasteiger partial charge in [0.2, 0.25) is 5.91 Å². The van der Waals surface area contributed by atoms with Crippen LogP contribution in [0, 0.1) is 0 Å². The summed E-state index contributed by atoms with van der Waals surface area (Å²) in [6.07, 6.45) is 5.38. The first kappa shape index (κ1) is 18.4. The lowest BCUT2D eigenvalue weighted by molar-refractivity contribution is -0.125. The van der Waals surface area contributed by atoms with Crippen molar-refractivity contribution in [3.05, 3.63) is 35.1 Å². The zero-order valence-corrected chi connectivity index (χ0v) is 15.5. The van der Waals surface area contributed by atoms with Gasteiger partial charge in [0.15, 0.2) is 0 Å². The van der Waals surface area contributed by atoms with E-state index in [0.29, 0.717) is 36.8 Å². The highest BCUT2D eigenvalue weighted by Crippen LogP contribution is 2.21. The van der Waals surface area contributed by atoms with Gasteiger partial charge >= 0.3 is 0 Å². The number of halogens is 1. The number of likely N-dealkylation sites (tertiary alicyclic amines) is 1. The summed E-state index contributed by atoms with van der Waals surface area (Å²) in [6.45, 7) is 3.50. The van der Waals surface area contributed by atoms with Crippen LogP contribution >= 0.6 is 11.6 Å². The van der Waals surface area contributed by atoms with Gasteiger partial charge in [-0.15, -0.1) is 0 Å². The molecule has 0 aliphatic carbocycles. The molecule has 3 heterocycles. The van der Waals surface area contributed by atoms with Crippen molar-refractivity contribution in [2.24, 2.45) is 7.05 Å². The zero-order valence-electron chi connectivity index (χ0n) is 14.7. The first-order valence-electron chi connectivity index (χ1n) is 8.48. The first-order valence-corrected chi connectivity index (χ1v) is 8.85. The van der Waals surface area contributed by atoms with E-state index < -0.39 is 0 Å². The van der Waals surface area contributed by atoms with Crippen molar-refractivity contribution >= 4 is 23.4 Å². The Bertz CT molecular complexity index is 754. The number of aromatic amines is 1. The van der Waals surface area contributed by atoms with Crippen molar-refractivity contribution in [3.63, 3.8) is 0 Å². The van der Waals surface area contributed by atoms with Crippen LogP contribution in [-0.2, 0) is 18.4 Å². The molecule has 2 amide bonds. The summed E-state index contributed by atoms with van der Waals surface area (Å²) >= 11 is 6.04. The summed E-state index contributed by atoms with van der Waals surface area (Å²) < 4.78 is 1.44. The Kier molecular flexibility index (Phi) is 5.58. The molecule has 1 saturated heterocycles. The number of H-pyrrole nitrogens is 1. The predicted molar refractivity (Wildman–Crippen MR) is 95.6 cm³/mol. The molecule has 0 radical (unpaired) electrons. The SMILES string of the molecule is CCNC(=O)[C@@H]1C[C@@H](NC(=O)c2c(Cl)cnn2C)CN1Cc1ncc[nH]1. The van der Waals surface area contributed by atoms with Crippen molar-refractivity contribution < 1.29 is 9.59 Å². The zero-order chi connectivity index (χ0) is 18.7. The number of imidazole rings is 1. The van der Waals surface area contributed by atoms with E-state index in [2.05, 4.69) is 25.7 Å². The normalized spacial score (nSPS) is 20.3. The molecule has 10 heteroatoms. The summed E-state index contributed by atoms with van der Waals surface area (Å²) in [7, 11) is 1.66. The average molecular weight is 380 g/mol. The largest absolute Gasteiger partial charge is 0.355 e. The molecule has 1 aliphatic rings. The fraction of sp³-hybridized carbons (Fsp3) is 0.500. The van der Waals surface area contributed by atoms with Crippen LogP contribution in [0.4, 0.5) is 0 Å². The van der Waals surface area contributed by atoms with Crippen LogP contribution in [0.5, 0.6) is 0 Å². The lowest BCUT2D eigenvalue weighted by Crippen LogP contribution is -2.42. The lowest BCUT2D eigenvalue weighted by atomic mass is 10.1. The molecule has 2 aromatic heterocycles. The molecular weight excluding hydrogens is 358 g/mol. The van der Waals surface area contributed by atoms with E-state index in [1.807, 2.05) is 11.8 Å². The molecule has 1 fully saturated rings. The van der Waals surface area contributed by atoms with Crippen LogP contribution in [0.3, 0.4) is 0 Å². The summed E-state index contributed by atoms with van der Waals surface area (Å²) in [5.41, 5.74) is 0.311. The molecule has 3 rings (SSSR count). The number of likely N-dealkylation sites (N-methyl/N-ethyl adjacent to an activating group) is 1. The third kappa shape index (κ3) is 3.88. The van der Waals surface area contributed by atoms with Crippen LogP contribution in [0.25, 0.3) is 0 Å². The van der Waals surface area contributed by atoms with Gasteiger partial charge in [0.05, 0.1) is 23.8 Å². The second kappa shape index (κ2) is 7.88. The van der Waals surface area contributed by atoms with Gasteiger partial charge in [-0.2, -0.15) is 5.10 Å². The predicted octanol–water partition coefficient (Wildman–Crippen LogP) is 0.306. The molecule has 140 valence electrons. The highest BCUT2D eigenvalue weighted by molar-refractivity contribution is 6.33. The fourth-order valence-corrected chi connectivity index (χ4v) is 3.50. The first-order chi connectivity index (χ1) is 12.5. The van der Waals surface area contributed by atoms with E-state index in [0.717, 1.165) is 5.82 Å². The van der Waals surface area contributed by atoms with Gasteiger partial charge in [0.25, 0.3) is 5.91 Å². The lowest BCUT2D eigenvalue weighted by Gasteiger charge is -2.22. The monoisotopic (exact) mass is 379 g/mol. The Labute approximate surface area is 156 Å². The van der Waals surface area contributed by atoms with E-state index in [1.165, 1.54) is 10.9 Å². The number of hydrogen-bond acceptors (Lipinski definition) is 5. The minimum Gasteiger partial charge on any atom is -0.355 e. The molecule has 1 aliphatic heterocycles. The Morgan fingerprint density at radius 2 is 2.27 bits per heavy atom. The van der Waals surface area contributed by atoms with Crippen molar-refractivity contribution in [1.82, 2.24) is 35.3 Å². The average Bonchev–Trinajstić information content (AvgIpc) is 3.30. The number of rotatable bonds is 6. The van der Waals surface area contributed by atoms with E-state index >= 15 is 0 Å². The molecule has 26 heavy (non-hydrogen) atoms. The second-order valence-electron chi connectivity index (χ2n) is 6.25. The molecule has 0 spiro atoms. The summed E-state index contributed by atoms with van der Waals surface area (Å²) in [5, 5.41) is 10.1. The topological polar surface area (TPSA) is 108 Å². The summed E-state index contributed by atoms with van der Waals surface area (Å²) in [5.74, 6) is 0.435. The Morgan fingerprint density at radius 1 is 1.46 bits per heavy atom. The van der Waals surface area contributed by atoms with Gasteiger partial charge in [-0.05, 0) is 13.3 Å². The number of amides is 2. The van der Waals surface area contributed by atoms with Crippen LogP contribution in [-0.4, -0.2) is 61.6 Å². The quantitative estimate of drug-likeness (QED) is 0.669. The van der Waals surface area contributed by atoms with Crippen LogP contribution < -0.4 is 10.6 Å². The maximum atomic E-state index is 12.5. The van der Waals surface area contributed by atoms with Gasteiger partial charge in [0, 0.05) is 38.6 Å². The molecule has 9 nitrogen and oxygen atoms in total. The number of aryl methyl sites for hydroxylation is 1. The number of carbonyl (C=O) groups is 2. The maximum absolute atomic E-state index is 12.5. The third-order valence-corrected chi connectivity index (χ3v) is 4.69. The van der Waals surface area contributed by atoms with E-state index in [9.17, 15) is 9.59 Å². The molecule has 2 atom stereocenters. The fourth-order valence-electron chi connectivity index (χ4n) is 3.24. The third-order valence-electron chi connectivity index (χ3n) is 4.41. The minimum atomic E-state index is -0.327. The molecule has 0 bridgehead atoms. The van der Waals surface area contributed by atoms with Crippen LogP contribution in [0.2, 0.25) is 5.02 Å². The smallest absolute Gasteiger partial charge is 0.271 e. The number of nitrogens with zero attached hydrogens (tertiary/aromatic N) is 4. The Balaban J connectivity index is 1.70. The number of carbonyl (C=O) groups excluding carboxylic acids is 2. The summed E-state index contributed by atoms with van der Waals surface area (Å²) in [4.78, 5) is 34.2. The van der Waals surface area contributed by atoms with Crippen LogP contribution in [0.15, 0.2) is 18.6 Å². The van der Waals surface area contributed by atoms with E-state index in [1.54, 1.807) is 19.4 Å². The maximum Gasteiger partial charge on any atom is 0.271 e. The number of nitrogens with one attached hydrogen (secondary N) is 3. The Morgan fingerprint density at radius 3 is 2.88 bits per heavy atom. The van der Waals surface area contributed by atoms with Gasteiger partial charge < -0.3 is 15.6 Å². The number of hydrogen-bond donors (Lipinski definition) is 3. The van der Waals surface area contributed by atoms with Gasteiger partial charge in [-0.25, -0.2) is 4.98 Å². The molecule has 0 unspecified atom stereocenters. The Hall–Kier alpha value is -2.39. The van der Waals surface area contributed by atoms with E-state index in [-0.39, 0.29) is 23.9 Å². The molecule has 0 saturated carbocycles. The van der Waals surface area contributed by atoms with Crippen molar-refractivity contribution in [2.75, 3.05) is 13.1 Å². The summed E-state index contributed by atoms with van der Waals surface area (Å²) in [6, 6.07) is -0.497. The van der Waals surface area contributed by atoms with Crippen molar-refractivity contribution in [1.29, 1.82) is 0 Å². The van der Waals surface area contributed by atoms with Gasteiger partial charge in [-0.3, -0.25) is 19.2 Å². The van der Waals surface area contributed by atoms with Crippen molar-refractivity contribution in [2.45, 2.75) is 32.0 Å². The number of aromatic nitrogens is 4. The van der Waals surface area contributed by atoms with Gasteiger partial charge in [-0.1, -0.05) is 11.6 Å². The molecular formula is C16H22ClN7O2. The molecule has 0 aromatic carbocycles. The van der Waals surface area contributed by atoms with Gasteiger partial charge in [0.1, 0.15) is 11.5 Å². The van der Waals surface area contributed by atoms with Crippen LogP contribution in [0.1, 0.15) is 29.7 Å². The molecule has 3 N–H and O–H groups in total. The minimum absolute atomic E-state index is 0.0469. The van der Waals surface area contributed by atoms with Crippen molar-refractivity contribution in [3.8, 4) is 0 Å². The van der Waals surface area contributed by atoms with E-state index in [4.69, 9.17) is 11.6 Å². The highest BCUT2D eigenvalue weighted by Gasteiger charge is 2.38. The second-order valence-corrected chi connectivity index (χ2v) is 6.65. The standard InChI is InChI=1S/C16H22ClN7O2/c1-3-18-15(25)12-6-10(8-24(12)9-13-19-4-5-20-13)22-16(26)14-11(17)7-21-23(14)2/h4-5,7,10,12H,3,6,8-9H2,1-2H3,(H,18,25)(H,19,20)(H,22,26)/t10-,12+/m1/s1.